The molecule has 5 nitrogen and oxygen atoms in total. The number of anilines is 1. The van der Waals surface area contributed by atoms with E-state index in [-0.39, 0.29) is 28.7 Å². The molecule has 152 valence electrons. The first-order valence-corrected chi connectivity index (χ1v) is 12.5. The normalized spacial score (nSPS) is 24.1. The van der Waals surface area contributed by atoms with E-state index in [4.69, 9.17) is 11.6 Å². The minimum Gasteiger partial charge on any atom is -0.315 e. The van der Waals surface area contributed by atoms with Gasteiger partial charge in [-0.1, -0.05) is 59.8 Å². The Bertz CT molecular complexity index is 1070. The van der Waals surface area contributed by atoms with Gasteiger partial charge >= 0.3 is 0 Å². The van der Waals surface area contributed by atoms with E-state index in [2.05, 4.69) is 4.99 Å². The number of aryl methyl sites for hydroxylation is 2. The van der Waals surface area contributed by atoms with E-state index in [1.54, 1.807) is 6.07 Å². The summed E-state index contributed by atoms with van der Waals surface area (Å²) in [5.41, 5.74) is 2.86. The minimum absolute atomic E-state index is 0.0633. The molecular formula is C21H21ClN2O3S2. The quantitative estimate of drug-likeness (QED) is 0.710. The van der Waals surface area contributed by atoms with Gasteiger partial charge in [0, 0.05) is 22.4 Å². The molecule has 2 aromatic rings. The lowest BCUT2D eigenvalue weighted by molar-refractivity contribution is -0.117. The molecular weight excluding hydrogens is 428 g/mol. The number of fused-ring (bicyclic) bond motifs is 1. The van der Waals surface area contributed by atoms with Crippen molar-refractivity contribution in [2.45, 2.75) is 31.1 Å². The van der Waals surface area contributed by atoms with Crippen molar-refractivity contribution in [2.75, 3.05) is 16.4 Å². The van der Waals surface area contributed by atoms with E-state index >= 15 is 0 Å². The van der Waals surface area contributed by atoms with Crippen molar-refractivity contribution in [1.29, 1.82) is 0 Å². The van der Waals surface area contributed by atoms with E-state index < -0.39 is 9.84 Å². The fourth-order valence-corrected chi connectivity index (χ4v) is 7.84. The molecule has 2 aliphatic heterocycles. The predicted molar refractivity (Wildman–Crippen MR) is 120 cm³/mol. The van der Waals surface area contributed by atoms with Gasteiger partial charge in [-0.3, -0.25) is 4.79 Å². The lowest BCUT2D eigenvalue weighted by Crippen LogP contribution is -2.38. The summed E-state index contributed by atoms with van der Waals surface area (Å²) in [4.78, 5) is 18.9. The number of nitrogens with zero attached hydrogens (tertiary/aromatic N) is 2. The number of benzene rings is 2. The average Bonchev–Trinajstić information content (AvgIpc) is 3.14. The number of hydrogen-bond acceptors (Lipinski definition) is 4. The van der Waals surface area contributed by atoms with Gasteiger partial charge in [-0.15, -0.1) is 0 Å². The van der Waals surface area contributed by atoms with Crippen molar-refractivity contribution >= 4 is 50.0 Å². The number of thioether (sulfide) groups is 1. The Kier molecular flexibility index (Phi) is 5.73. The number of carbonyl (C=O) groups excluding carboxylic acids is 1. The zero-order valence-corrected chi connectivity index (χ0v) is 18.3. The van der Waals surface area contributed by atoms with E-state index in [1.807, 2.05) is 54.3 Å². The second-order valence-electron chi connectivity index (χ2n) is 7.38. The zero-order chi connectivity index (χ0) is 20.6. The van der Waals surface area contributed by atoms with E-state index in [1.165, 1.54) is 11.8 Å². The fraction of sp³-hybridized carbons (Fsp3) is 0.333. The highest BCUT2D eigenvalue weighted by Crippen LogP contribution is 2.42. The Morgan fingerprint density at radius 2 is 1.97 bits per heavy atom. The first-order valence-electron chi connectivity index (χ1n) is 9.40. The first kappa shape index (κ1) is 20.4. The summed E-state index contributed by atoms with van der Waals surface area (Å²) < 4.78 is 24.4. The molecule has 1 amide bonds. The fourth-order valence-electron chi connectivity index (χ4n) is 3.75. The predicted octanol–water partition coefficient (Wildman–Crippen LogP) is 3.88. The summed E-state index contributed by atoms with van der Waals surface area (Å²) in [6.07, 6.45) is 0.933. The van der Waals surface area contributed by atoms with Crippen molar-refractivity contribution in [3.05, 3.63) is 64.7 Å². The summed E-state index contributed by atoms with van der Waals surface area (Å²) >= 11 is 7.59. The van der Waals surface area contributed by atoms with E-state index in [0.29, 0.717) is 23.0 Å². The van der Waals surface area contributed by atoms with Crippen LogP contribution in [0.2, 0.25) is 5.02 Å². The maximum absolute atomic E-state index is 12.6. The number of sulfone groups is 1. The lowest BCUT2D eigenvalue weighted by atomic mass is 10.1. The number of carbonyl (C=O) groups is 1. The van der Waals surface area contributed by atoms with Crippen LogP contribution < -0.4 is 4.90 Å². The van der Waals surface area contributed by atoms with Crippen molar-refractivity contribution in [3.63, 3.8) is 0 Å². The largest absolute Gasteiger partial charge is 0.315 e. The van der Waals surface area contributed by atoms with Gasteiger partial charge in [0.1, 0.15) is 0 Å². The average molecular weight is 449 g/mol. The maximum Gasteiger partial charge on any atom is 0.248 e. The summed E-state index contributed by atoms with van der Waals surface area (Å²) in [7, 11) is -3.10. The molecule has 0 radical (unpaired) electrons. The van der Waals surface area contributed by atoms with Crippen LogP contribution in [-0.4, -0.2) is 42.3 Å². The highest BCUT2D eigenvalue weighted by atomic mass is 35.5. The molecule has 0 aliphatic carbocycles. The van der Waals surface area contributed by atoms with Crippen LogP contribution in [0.5, 0.6) is 0 Å². The Balaban J connectivity index is 1.61. The smallest absolute Gasteiger partial charge is 0.248 e. The first-order chi connectivity index (χ1) is 13.8. The molecule has 0 unspecified atom stereocenters. The maximum atomic E-state index is 12.6. The van der Waals surface area contributed by atoms with Crippen molar-refractivity contribution in [2.24, 2.45) is 4.99 Å². The van der Waals surface area contributed by atoms with Crippen LogP contribution in [0.15, 0.2) is 53.5 Å². The van der Waals surface area contributed by atoms with Crippen LogP contribution in [0, 0.1) is 6.92 Å². The van der Waals surface area contributed by atoms with Crippen molar-refractivity contribution < 1.29 is 13.2 Å². The number of amidine groups is 1. The van der Waals surface area contributed by atoms with Crippen LogP contribution in [0.3, 0.4) is 0 Å². The van der Waals surface area contributed by atoms with E-state index in [9.17, 15) is 13.2 Å². The van der Waals surface area contributed by atoms with E-state index in [0.717, 1.165) is 16.8 Å². The summed E-state index contributed by atoms with van der Waals surface area (Å²) in [5, 5.41) is 1.01. The van der Waals surface area contributed by atoms with Gasteiger partial charge < -0.3 is 4.90 Å². The third-order valence-corrected chi connectivity index (χ3v) is 8.63. The second-order valence-corrected chi connectivity index (χ2v) is 11.2. The van der Waals surface area contributed by atoms with Crippen LogP contribution in [-0.2, 0) is 21.1 Å². The number of rotatable bonds is 4. The minimum atomic E-state index is -3.10. The number of aliphatic imine (C=N–C) groups is 1. The molecule has 0 N–H and O–H groups in total. The van der Waals surface area contributed by atoms with Crippen LogP contribution in [0.1, 0.15) is 17.5 Å². The third kappa shape index (κ3) is 4.52. The van der Waals surface area contributed by atoms with Crippen LogP contribution >= 0.6 is 23.4 Å². The van der Waals surface area contributed by atoms with Crippen molar-refractivity contribution in [1.82, 2.24) is 0 Å². The molecule has 2 fully saturated rings. The molecule has 2 aromatic carbocycles. The molecule has 0 saturated carbocycles. The Hall–Kier alpha value is -1.83. The molecule has 2 saturated heterocycles. The summed E-state index contributed by atoms with van der Waals surface area (Å²) in [6, 6.07) is 15.1. The highest BCUT2D eigenvalue weighted by molar-refractivity contribution is 8.16. The Morgan fingerprint density at radius 3 is 2.72 bits per heavy atom. The Morgan fingerprint density at radius 1 is 1.21 bits per heavy atom. The van der Waals surface area contributed by atoms with Crippen LogP contribution in [0.4, 0.5) is 5.69 Å². The van der Waals surface area contributed by atoms with Gasteiger partial charge in [-0.05, 0) is 36.6 Å². The molecule has 2 heterocycles. The molecule has 29 heavy (non-hydrogen) atoms. The number of hydrogen-bond donors (Lipinski definition) is 0. The monoisotopic (exact) mass is 448 g/mol. The lowest BCUT2D eigenvalue weighted by Gasteiger charge is -2.26. The standard InChI is InChI=1S/C21H21ClN2O3S2/c1-14-7-9-16(22)11-17(14)24-18-12-29(26,27)13-19(18)28-21(24)23-20(25)10-8-15-5-3-2-4-6-15/h2-7,9,11,18-19H,8,10,12-13H2,1H3/t18-,19+/m0/s1. The van der Waals surface area contributed by atoms with Gasteiger partial charge in [0.05, 0.1) is 17.5 Å². The molecule has 4 rings (SSSR count). The molecule has 2 atom stereocenters. The third-order valence-electron chi connectivity index (χ3n) is 5.19. The molecule has 8 heteroatoms. The molecule has 0 aromatic heterocycles. The van der Waals surface area contributed by atoms with Crippen molar-refractivity contribution in [3.8, 4) is 0 Å². The van der Waals surface area contributed by atoms with Gasteiger partial charge in [0.2, 0.25) is 5.91 Å². The van der Waals surface area contributed by atoms with Gasteiger partial charge in [-0.2, -0.15) is 4.99 Å². The summed E-state index contributed by atoms with van der Waals surface area (Å²) in [6.45, 7) is 1.95. The zero-order valence-electron chi connectivity index (χ0n) is 15.9. The molecule has 0 spiro atoms. The highest BCUT2D eigenvalue weighted by Gasteiger charge is 2.49. The van der Waals surface area contributed by atoms with Gasteiger partial charge in [0.25, 0.3) is 0 Å². The SMILES string of the molecule is Cc1ccc(Cl)cc1N1C(=NC(=O)CCc2ccccc2)S[C@@H]2CS(=O)(=O)C[C@@H]21. The number of halogens is 1. The topological polar surface area (TPSA) is 66.8 Å². The Labute approximate surface area is 180 Å². The number of amides is 1. The molecule has 0 bridgehead atoms. The van der Waals surface area contributed by atoms with Gasteiger partial charge in [-0.25, -0.2) is 8.42 Å². The van der Waals surface area contributed by atoms with Crippen LogP contribution in [0.25, 0.3) is 0 Å². The second kappa shape index (κ2) is 8.13. The molecule has 2 aliphatic rings. The summed E-state index contributed by atoms with van der Waals surface area (Å²) in [5.74, 6) is -0.0346. The van der Waals surface area contributed by atoms with Gasteiger partial charge in [0.15, 0.2) is 15.0 Å².